The van der Waals surface area contributed by atoms with Crippen LogP contribution in [0.15, 0.2) is 39.5 Å². The molecule has 1 heterocycles. The van der Waals surface area contributed by atoms with Gasteiger partial charge in [-0.25, -0.2) is 0 Å². The highest BCUT2D eigenvalue weighted by Crippen LogP contribution is 2.18. The highest BCUT2D eigenvalue weighted by Gasteiger charge is 2.03. The summed E-state index contributed by atoms with van der Waals surface area (Å²) < 4.78 is 14.3. The van der Waals surface area contributed by atoms with Crippen molar-refractivity contribution in [1.29, 1.82) is 0 Å². The van der Waals surface area contributed by atoms with Gasteiger partial charge in [0.15, 0.2) is 0 Å². The minimum absolute atomic E-state index is 0.555. The van der Waals surface area contributed by atoms with E-state index < -0.39 is 0 Å². The summed E-state index contributed by atoms with van der Waals surface area (Å²) in [5, 5.41) is 4.26. The highest BCUT2D eigenvalue weighted by molar-refractivity contribution is 9.11. The Morgan fingerprint density at radius 3 is 2.39 bits per heavy atom. The van der Waals surface area contributed by atoms with Crippen LogP contribution in [-0.2, 0) is 6.54 Å². The summed E-state index contributed by atoms with van der Waals surface area (Å²) in [6, 6.07) is 9.40. The Kier molecular flexibility index (Phi) is 4.66. The van der Waals surface area contributed by atoms with Crippen molar-refractivity contribution in [2.24, 2.45) is 0 Å². The van der Waals surface area contributed by atoms with Crippen LogP contribution in [0.4, 0.5) is 0 Å². The van der Waals surface area contributed by atoms with Crippen LogP contribution in [-0.4, -0.2) is 23.5 Å². The van der Waals surface area contributed by atoms with Crippen molar-refractivity contribution >= 4 is 31.9 Å². The molecule has 18 heavy (non-hydrogen) atoms. The van der Waals surface area contributed by atoms with Gasteiger partial charge in [0.25, 0.3) is 0 Å². The van der Waals surface area contributed by atoms with Crippen molar-refractivity contribution in [2.75, 3.05) is 13.7 Å². The maximum absolute atomic E-state index is 5.62. The van der Waals surface area contributed by atoms with E-state index in [1.165, 1.54) is 0 Å². The Morgan fingerprint density at radius 1 is 1.17 bits per heavy atom. The van der Waals surface area contributed by atoms with E-state index in [2.05, 4.69) is 37.0 Å². The van der Waals surface area contributed by atoms with Crippen LogP contribution in [0, 0.1) is 0 Å². The van der Waals surface area contributed by atoms with Crippen LogP contribution < -0.4 is 9.47 Å². The molecule has 0 fully saturated rings. The topological polar surface area (TPSA) is 36.3 Å². The molecule has 4 nitrogen and oxygen atoms in total. The molecule has 1 aromatic carbocycles. The standard InChI is InChI=1S/C12H12Br2N2O2/c1-17-9-2-4-10(5-3-9)18-7-6-16-12(14)8-11(13)15-16/h2-5,8H,6-7H2,1H3. The van der Waals surface area contributed by atoms with E-state index >= 15 is 0 Å². The number of halogens is 2. The molecule has 0 unspecified atom stereocenters. The van der Waals surface area contributed by atoms with Crippen LogP contribution in [0.25, 0.3) is 0 Å². The van der Waals surface area contributed by atoms with Crippen LogP contribution >= 0.6 is 31.9 Å². The van der Waals surface area contributed by atoms with Crippen molar-refractivity contribution in [3.8, 4) is 11.5 Å². The summed E-state index contributed by atoms with van der Waals surface area (Å²) >= 11 is 6.74. The molecule has 2 aromatic rings. The molecule has 6 heteroatoms. The van der Waals surface area contributed by atoms with Crippen LogP contribution in [0.3, 0.4) is 0 Å². The second-order valence-corrected chi connectivity index (χ2v) is 5.16. The van der Waals surface area contributed by atoms with E-state index in [0.29, 0.717) is 13.2 Å². The molecule has 0 N–H and O–H groups in total. The molecule has 0 aliphatic rings. The fourth-order valence-corrected chi connectivity index (χ4v) is 2.63. The fraction of sp³-hybridized carbons (Fsp3) is 0.250. The zero-order chi connectivity index (χ0) is 13.0. The van der Waals surface area contributed by atoms with Gasteiger partial charge in [0.1, 0.15) is 27.3 Å². The third-order valence-corrected chi connectivity index (χ3v) is 3.36. The molecule has 0 spiro atoms. The summed E-state index contributed by atoms with van der Waals surface area (Å²) in [7, 11) is 1.64. The van der Waals surface area contributed by atoms with Crippen LogP contribution in [0.1, 0.15) is 0 Å². The molecule has 0 bridgehead atoms. The summed E-state index contributed by atoms with van der Waals surface area (Å²) in [4.78, 5) is 0. The molecule has 2 rings (SSSR count). The molecule has 0 aliphatic carbocycles. The average molecular weight is 376 g/mol. The number of rotatable bonds is 5. The van der Waals surface area contributed by atoms with Gasteiger partial charge < -0.3 is 9.47 Å². The van der Waals surface area contributed by atoms with Gasteiger partial charge in [-0.05, 0) is 56.1 Å². The lowest BCUT2D eigenvalue weighted by atomic mass is 10.3. The Hall–Kier alpha value is -1.01. The summed E-state index contributed by atoms with van der Waals surface area (Å²) in [5.74, 6) is 1.64. The molecule has 0 atom stereocenters. The SMILES string of the molecule is COc1ccc(OCCn2nc(Br)cc2Br)cc1. The molecule has 96 valence electrons. The lowest BCUT2D eigenvalue weighted by Crippen LogP contribution is -2.09. The fourth-order valence-electron chi connectivity index (χ4n) is 1.44. The number of benzene rings is 1. The lowest BCUT2D eigenvalue weighted by molar-refractivity contribution is 0.289. The molecular weight excluding hydrogens is 364 g/mol. The van der Waals surface area contributed by atoms with Gasteiger partial charge in [0, 0.05) is 6.07 Å². The molecule has 1 aromatic heterocycles. The number of methoxy groups -OCH3 is 1. The van der Waals surface area contributed by atoms with Gasteiger partial charge in [0.2, 0.25) is 0 Å². The first kappa shape index (κ1) is 13.4. The molecule has 0 saturated heterocycles. The maximum atomic E-state index is 5.62. The molecule has 0 radical (unpaired) electrons. The number of ether oxygens (including phenoxy) is 2. The highest BCUT2D eigenvalue weighted by atomic mass is 79.9. The molecule has 0 saturated carbocycles. The van der Waals surface area contributed by atoms with Gasteiger partial charge in [-0.3, -0.25) is 4.68 Å². The zero-order valence-corrected chi connectivity index (χ0v) is 12.9. The first-order valence-electron chi connectivity index (χ1n) is 5.35. The number of nitrogens with zero attached hydrogens (tertiary/aromatic N) is 2. The van der Waals surface area contributed by atoms with Crippen molar-refractivity contribution < 1.29 is 9.47 Å². The predicted molar refractivity (Wildman–Crippen MR) is 76.1 cm³/mol. The Labute approximate surface area is 122 Å². The second kappa shape index (κ2) is 6.24. The van der Waals surface area contributed by atoms with Gasteiger partial charge in [-0.1, -0.05) is 0 Å². The quantitative estimate of drug-likeness (QED) is 0.802. The van der Waals surface area contributed by atoms with E-state index in [1.807, 2.05) is 35.0 Å². The minimum Gasteiger partial charge on any atom is -0.497 e. The van der Waals surface area contributed by atoms with E-state index in [0.717, 1.165) is 20.7 Å². The normalized spacial score (nSPS) is 10.4. The summed E-state index contributed by atoms with van der Waals surface area (Å²) in [6.45, 7) is 1.23. The Balaban J connectivity index is 1.86. The number of hydrogen-bond acceptors (Lipinski definition) is 3. The first-order chi connectivity index (χ1) is 8.69. The van der Waals surface area contributed by atoms with Gasteiger partial charge in [-0.15, -0.1) is 0 Å². The average Bonchev–Trinajstić information content (AvgIpc) is 2.69. The van der Waals surface area contributed by atoms with Gasteiger partial charge in [0.05, 0.1) is 13.7 Å². The Morgan fingerprint density at radius 2 is 1.83 bits per heavy atom. The first-order valence-corrected chi connectivity index (χ1v) is 6.93. The largest absolute Gasteiger partial charge is 0.497 e. The molecular formula is C12H12Br2N2O2. The van der Waals surface area contributed by atoms with Crippen molar-refractivity contribution in [3.05, 3.63) is 39.5 Å². The third-order valence-electron chi connectivity index (χ3n) is 2.33. The van der Waals surface area contributed by atoms with E-state index in [9.17, 15) is 0 Å². The van der Waals surface area contributed by atoms with Crippen molar-refractivity contribution in [2.45, 2.75) is 6.54 Å². The zero-order valence-electron chi connectivity index (χ0n) is 9.77. The second-order valence-electron chi connectivity index (χ2n) is 3.54. The van der Waals surface area contributed by atoms with Gasteiger partial charge >= 0.3 is 0 Å². The predicted octanol–water partition coefficient (Wildman–Crippen LogP) is 3.50. The van der Waals surface area contributed by atoms with E-state index in [1.54, 1.807) is 7.11 Å². The van der Waals surface area contributed by atoms with Crippen molar-refractivity contribution in [3.63, 3.8) is 0 Å². The van der Waals surface area contributed by atoms with Crippen LogP contribution in [0.2, 0.25) is 0 Å². The maximum Gasteiger partial charge on any atom is 0.129 e. The van der Waals surface area contributed by atoms with Gasteiger partial charge in [-0.2, -0.15) is 5.10 Å². The van der Waals surface area contributed by atoms with E-state index in [-0.39, 0.29) is 0 Å². The summed E-state index contributed by atoms with van der Waals surface area (Å²) in [6.07, 6.45) is 0. The molecule has 0 aliphatic heterocycles. The lowest BCUT2D eigenvalue weighted by Gasteiger charge is -2.07. The third kappa shape index (κ3) is 3.49. The Bertz CT molecular complexity index is 511. The van der Waals surface area contributed by atoms with E-state index in [4.69, 9.17) is 9.47 Å². The summed E-state index contributed by atoms with van der Waals surface area (Å²) in [5.41, 5.74) is 0. The number of aromatic nitrogens is 2. The van der Waals surface area contributed by atoms with Crippen molar-refractivity contribution in [1.82, 2.24) is 9.78 Å². The minimum atomic E-state index is 0.555. The van der Waals surface area contributed by atoms with Crippen LogP contribution in [0.5, 0.6) is 11.5 Å². The monoisotopic (exact) mass is 374 g/mol. The number of hydrogen-bond donors (Lipinski definition) is 0. The molecule has 0 amide bonds. The smallest absolute Gasteiger partial charge is 0.129 e.